The van der Waals surface area contributed by atoms with Crippen LogP contribution in [0.5, 0.6) is 0 Å². The summed E-state index contributed by atoms with van der Waals surface area (Å²) in [6, 6.07) is 8.01. The van der Waals surface area contributed by atoms with Gasteiger partial charge in [-0.25, -0.2) is 17.2 Å². The Morgan fingerprint density at radius 3 is 2.59 bits per heavy atom. The molecular weight excluding hydrogens is 400 g/mol. The third-order valence-electron chi connectivity index (χ3n) is 4.37. The van der Waals surface area contributed by atoms with Gasteiger partial charge >= 0.3 is 0 Å². The van der Waals surface area contributed by atoms with Crippen LogP contribution in [-0.4, -0.2) is 30.4 Å². The summed E-state index contributed by atoms with van der Waals surface area (Å²) >= 11 is 0. The Kier molecular flexibility index (Phi) is 5.52. The molecule has 1 aromatic heterocycles. The Hall–Kier alpha value is -3.07. The van der Waals surface area contributed by atoms with Crippen molar-refractivity contribution in [2.24, 2.45) is 7.05 Å². The summed E-state index contributed by atoms with van der Waals surface area (Å²) in [4.78, 5) is 12.9. The summed E-state index contributed by atoms with van der Waals surface area (Å²) in [7, 11) is -1.66. The Bertz CT molecular complexity index is 1200. The number of aromatic nitrogens is 2. The molecule has 0 radical (unpaired) electrons. The van der Waals surface area contributed by atoms with E-state index in [9.17, 15) is 22.0 Å². The highest BCUT2D eigenvalue weighted by Crippen LogP contribution is 2.27. The molecule has 152 valence electrons. The molecule has 1 N–H and O–H groups in total. The van der Waals surface area contributed by atoms with E-state index in [1.807, 2.05) is 0 Å². The van der Waals surface area contributed by atoms with Gasteiger partial charge in [0.25, 0.3) is 5.91 Å². The number of amides is 1. The fourth-order valence-electron chi connectivity index (χ4n) is 2.98. The number of nitrogens with one attached hydrogen (secondary N) is 1. The molecule has 3 aromatic rings. The molecule has 0 atom stereocenters. The Balaban J connectivity index is 1.96. The van der Waals surface area contributed by atoms with Gasteiger partial charge < -0.3 is 5.32 Å². The lowest BCUT2D eigenvalue weighted by atomic mass is 10.1. The van der Waals surface area contributed by atoms with Crippen LogP contribution in [-0.2, 0) is 22.6 Å². The van der Waals surface area contributed by atoms with Gasteiger partial charge in [0.2, 0.25) is 0 Å². The summed E-state index contributed by atoms with van der Waals surface area (Å²) in [5.74, 6) is -2.26. The lowest BCUT2D eigenvalue weighted by molar-refractivity contribution is 0.102. The third kappa shape index (κ3) is 4.68. The number of carbonyl (C=O) groups excluding carboxylic acids is 1. The van der Waals surface area contributed by atoms with Crippen molar-refractivity contribution in [1.82, 2.24) is 9.78 Å². The first kappa shape index (κ1) is 20.7. The van der Waals surface area contributed by atoms with Gasteiger partial charge in [0.15, 0.2) is 9.84 Å². The summed E-state index contributed by atoms with van der Waals surface area (Å²) in [6.07, 6.45) is 2.57. The predicted molar refractivity (Wildman–Crippen MR) is 106 cm³/mol. The van der Waals surface area contributed by atoms with E-state index in [1.165, 1.54) is 16.9 Å². The van der Waals surface area contributed by atoms with Gasteiger partial charge in [-0.2, -0.15) is 5.10 Å². The number of carbonyl (C=O) groups is 1. The second-order valence-electron chi connectivity index (χ2n) is 6.80. The van der Waals surface area contributed by atoms with E-state index in [1.54, 1.807) is 32.2 Å². The molecule has 0 spiro atoms. The van der Waals surface area contributed by atoms with Gasteiger partial charge in [0.1, 0.15) is 17.3 Å². The van der Waals surface area contributed by atoms with E-state index in [-0.39, 0.29) is 22.6 Å². The number of sulfone groups is 1. The first-order valence-electron chi connectivity index (χ1n) is 8.62. The van der Waals surface area contributed by atoms with E-state index in [2.05, 4.69) is 10.4 Å². The maximum absolute atomic E-state index is 14.2. The molecular formula is C20H19F2N3O3S. The van der Waals surface area contributed by atoms with E-state index in [0.29, 0.717) is 16.8 Å². The molecule has 0 fully saturated rings. The van der Waals surface area contributed by atoms with Crippen LogP contribution in [0.4, 0.5) is 14.5 Å². The first-order chi connectivity index (χ1) is 13.5. The Morgan fingerprint density at radius 1 is 1.21 bits per heavy atom. The maximum Gasteiger partial charge on any atom is 0.259 e. The molecule has 0 aliphatic rings. The number of halogens is 2. The van der Waals surface area contributed by atoms with Crippen molar-refractivity contribution in [3.63, 3.8) is 0 Å². The minimum absolute atomic E-state index is 0.000279. The highest BCUT2D eigenvalue weighted by Gasteiger charge is 2.21. The smallest absolute Gasteiger partial charge is 0.259 e. The fraction of sp³-hybridized carbons (Fsp3) is 0.200. The molecule has 1 heterocycles. The topological polar surface area (TPSA) is 81.1 Å². The second-order valence-corrected chi connectivity index (χ2v) is 8.94. The van der Waals surface area contributed by atoms with Crippen molar-refractivity contribution in [3.05, 3.63) is 70.9 Å². The molecule has 0 saturated carbocycles. The zero-order chi connectivity index (χ0) is 21.3. The SMILES string of the molecule is Cc1c(CS(C)(=O)=O)cccc1NC(=O)c1cn(C)nc1-c1ccc(F)cc1F. The normalized spacial score (nSPS) is 11.5. The zero-order valence-corrected chi connectivity index (χ0v) is 16.8. The standard InChI is InChI=1S/C20H19F2N3O3S/c1-12-13(11-29(3,27)28)5-4-6-18(12)23-20(26)16-10-25(2)24-19(16)15-8-7-14(21)9-17(15)22/h4-10H,11H2,1-3H3,(H,23,26). The van der Waals surface area contributed by atoms with Crippen LogP contribution < -0.4 is 5.32 Å². The van der Waals surface area contributed by atoms with E-state index < -0.39 is 27.4 Å². The molecule has 0 bridgehead atoms. The van der Waals surface area contributed by atoms with Crippen molar-refractivity contribution < 1.29 is 22.0 Å². The average Bonchev–Trinajstić information content (AvgIpc) is 2.99. The van der Waals surface area contributed by atoms with Crippen molar-refractivity contribution in [3.8, 4) is 11.3 Å². The van der Waals surface area contributed by atoms with Gasteiger partial charge in [-0.15, -0.1) is 0 Å². The van der Waals surface area contributed by atoms with Crippen LogP contribution in [0.15, 0.2) is 42.6 Å². The largest absolute Gasteiger partial charge is 0.322 e. The van der Waals surface area contributed by atoms with Crippen molar-refractivity contribution in [2.45, 2.75) is 12.7 Å². The highest BCUT2D eigenvalue weighted by atomic mass is 32.2. The maximum atomic E-state index is 14.2. The molecule has 0 aliphatic carbocycles. The number of rotatable bonds is 5. The van der Waals surface area contributed by atoms with E-state index in [4.69, 9.17) is 0 Å². The minimum atomic E-state index is -3.24. The summed E-state index contributed by atoms with van der Waals surface area (Å²) in [5.41, 5.74) is 1.80. The summed E-state index contributed by atoms with van der Waals surface area (Å²) < 4.78 is 52.0. The van der Waals surface area contributed by atoms with Crippen LogP contribution in [0.1, 0.15) is 21.5 Å². The van der Waals surface area contributed by atoms with Crippen LogP contribution in [0.25, 0.3) is 11.3 Å². The van der Waals surface area contributed by atoms with Gasteiger partial charge in [0, 0.05) is 36.8 Å². The Morgan fingerprint density at radius 2 is 1.93 bits per heavy atom. The lowest BCUT2D eigenvalue weighted by Crippen LogP contribution is -2.14. The molecule has 0 unspecified atom stereocenters. The molecule has 3 rings (SSSR count). The number of benzene rings is 2. The number of nitrogens with zero attached hydrogens (tertiary/aromatic N) is 2. The Labute approximate surface area is 167 Å². The molecule has 0 saturated heterocycles. The van der Waals surface area contributed by atoms with Gasteiger partial charge in [0.05, 0.1) is 11.3 Å². The lowest BCUT2D eigenvalue weighted by Gasteiger charge is -2.12. The van der Waals surface area contributed by atoms with E-state index >= 15 is 0 Å². The van der Waals surface area contributed by atoms with Crippen molar-refractivity contribution in [1.29, 1.82) is 0 Å². The molecule has 6 nitrogen and oxygen atoms in total. The number of anilines is 1. The van der Waals surface area contributed by atoms with Gasteiger partial charge in [-0.3, -0.25) is 9.48 Å². The second kappa shape index (κ2) is 7.75. The highest BCUT2D eigenvalue weighted by molar-refractivity contribution is 7.89. The summed E-state index contributed by atoms with van der Waals surface area (Å²) in [5, 5.41) is 6.86. The third-order valence-corrected chi connectivity index (χ3v) is 5.21. The molecule has 0 aliphatic heterocycles. The van der Waals surface area contributed by atoms with Crippen LogP contribution >= 0.6 is 0 Å². The van der Waals surface area contributed by atoms with Crippen LogP contribution in [0.3, 0.4) is 0 Å². The van der Waals surface area contributed by atoms with Crippen molar-refractivity contribution in [2.75, 3.05) is 11.6 Å². The predicted octanol–water partition coefficient (Wildman–Crippen LogP) is 3.47. The van der Waals surface area contributed by atoms with Crippen LogP contribution in [0.2, 0.25) is 0 Å². The molecule has 2 aromatic carbocycles. The zero-order valence-electron chi connectivity index (χ0n) is 16.0. The molecule has 29 heavy (non-hydrogen) atoms. The van der Waals surface area contributed by atoms with Crippen LogP contribution in [0, 0.1) is 18.6 Å². The molecule has 1 amide bonds. The van der Waals surface area contributed by atoms with Gasteiger partial charge in [-0.05, 0) is 36.2 Å². The minimum Gasteiger partial charge on any atom is -0.322 e. The van der Waals surface area contributed by atoms with E-state index in [0.717, 1.165) is 18.4 Å². The summed E-state index contributed by atoms with van der Waals surface area (Å²) in [6.45, 7) is 1.71. The molecule has 9 heteroatoms. The van der Waals surface area contributed by atoms with Gasteiger partial charge in [-0.1, -0.05) is 12.1 Å². The fourth-order valence-corrected chi connectivity index (χ4v) is 3.86. The monoisotopic (exact) mass is 419 g/mol. The number of hydrogen-bond donors (Lipinski definition) is 1. The van der Waals surface area contributed by atoms with Crippen molar-refractivity contribution >= 4 is 21.4 Å². The quantitative estimate of drug-likeness (QED) is 0.687. The average molecular weight is 419 g/mol. The number of aryl methyl sites for hydroxylation is 1. The first-order valence-corrected chi connectivity index (χ1v) is 10.7. The number of hydrogen-bond acceptors (Lipinski definition) is 4.